The second kappa shape index (κ2) is 31.1. The zero-order valence-corrected chi connectivity index (χ0v) is 33.1. The summed E-state index contributed by atoms with van der Waals surface area (Å²) in [5, 5.41) is 33.2. The van der Waals surface area contributed by atoms with Gasteiger partial charge in [-0.3, -0.25) is 24.0 Å². The number of benzene rings is 1. The van der Waals surface area contributed by atoms with Crippen molar-refractivity contribution in [2.24, 2.45) is 17.4 Å². The lowest BCUT2D eigenvalue weighted by atomic mass is 9.95. The minimum absolute atomic E-state index is 0.0234. The SMILES string of the molecule is CCCC(=O)COCCOCCNC(=O)[C@H](CO)CC(=O)C(N)Cc1ccc(O)cc1.CCOCCOCC(=O)NCCCC[C@H](N)C(=O)N1CCC[C@H]1C#N. The summed E-state index contributed by atoms with van der Waals surface area (Å²) in [5.74, 6) is -1.78. The van der Waals surface area contributed by atoms with Crippen LogP contribution in [0.1, 0.15) is 70.8 Å². The number of hydrogen-bond donors (Lipinski definition) is 6. The number of nitrogens with zero attached hydrogens (tertiary/aromatic N) is 2. The van der Waals surface area contributed by atoms with E-state index < -0.39 is 30.5 Å². The fraction of sp³-hybridized carbons (Fsp3) is 0.692. The summed E-state index contributed by atoms with van der Waals surface area (Å²) in [6.07, 6.45) is 5.03. The number of Topliss-reactive ketones (excluding diaryl/α,β-unsaturated/α-hetero) is 2. The first-order valence-electron chi connectivity index (χ1n) is 19.5. The third-order valence-electron chi connectivity index (χ3n) is 8.63. The zero-order valence-electron chi connectivity index (χ0n) is 33.1. The summed E-state index contributed by atoms with van der Waals surface area (Å²) in [4.78, 5) is 61.2. The van der Waals surface area contributed by atoms with Crippen LogP contribution in [0.5, 0.6) is 5.75 Å². The van der Waals surface area contributed by atoms with E-state index in [0.29, 0.717) is 52.4 Å². The summed E-state index contributed by atoms with van der Waals surface area (Å²) in [6.45, 7) is 7.17. The summed E-state index contributed by atoms with van der Waals surface area (Å²) < 4.78 is 20.8. The minimum Gasteiger partial charge on any atom is -0.508 e. The van der Waals surface area contributed by atoms with E-state index in [1.807, 2.05) is 13.8 Å². The number of rotatable bonds is 29. The van der Waals surface area contributed by atoms with Crippen LogP contribution in [0, 0.1) is 17.2 Å². The van der Waals surface area contributed by atoms with Crippen LogP contribution >= 0.6 is 0 Å². The Morgan fingerprint density at radius 2 is 1.59 bits per heavy atom. The maximum Gasteiger partial charge on any atom is 0.245 e. The van der Waals surface area contributed by atoms with Crippen molar-refractivity contribution >= 4 is 29.3 Å². The van der Waals surface area contributed by atoms with Crippen LogP contribution in [0.4, 0.5) is 0 Å². The van der Waals surface area contributed by atoms with Gasteiger partial charge in [0.15, 0.2) is 11.6 Å². The van der Waals surface area contributed by atoms with E-state index in [1.165, 1.54) is 12.1 Å². The number of carbonyl (C=O) groups excluding carboxylic acids is 5. The van der Waals surface area contributed by atoms with Gasteiger partial charge in [0.05, 0.1) is 63.7 Å². The molecule has 8 N–H and O–H groups in total. The molecular weight excluding hydrogens is 728 g/mol. The number of carbonyl (C=O) groups is 5. The molecule has 1 aliphatic rings. The third kappa shape index (κ3) is 22.5. The minimum atomic E-state index is -0.883. The molecule has 1 heterocycles. The van der Waals surface area contributed by atoms with Crippen LogP contribution in [0.2, 0.25) is 0 Å². The summed E-state index contributed by atoms with van der Waals surface area (Å²) in [7, 11) is 0. The Bertz CT molecular complexity index is 1330. The van der Waals surface area contributed by atoms with E-state index in [-0.39, 0.29) is 81.0 Å². The topological polar surface area (TPSA) is 266 Å². The Morgan fingerprint density at radius 3 is 2.25 bits per heavy atom. The number of nitrogens with two attached hydrogens (primary N) is 2. The molecule has 1 aromatic rings. The quantitative estimate of drug-likeness (QED) is 0.0605. The van der Waals surface area contributed by atoms with Crippen LogP contribution in [-0.2, 0) is 49.3 Å². The van der Waals surface area contributed by atoms with Gasteiger partial charge >= 0.3 is 0 Å². The molecule has 0 saturated carbocycles. The average molecular weight is 793 g/mol. The second-order valence-electron chi connectivity index (χ2n) is 13.3. The number of nitriles is 1. The van der Waals surface area contributed by atoms with Gasteiger partial charge in [-0.05, 0) is 69.6 Å². The maximum atomic E-state index is 12.3. The number of phenols is 1. The number of phenolic OH excluding ortho intramolecular Hbond substituents is 1. The highest BCUT2D eigenvalue weighted by Crippen LogP contribution is 2.18. The molecule has 316 valence electrons. The summed E-state index contributed by atoms with van der Waals surface area (Å²) in [5.41, 5.74) is 12.7. The molecule has 1 unspecified atom stereocenters. The van der Waals surface area contributed by atoms with E-state index in [9.17, 15) is 34.2 Å². The van der Waals surface area contributed by atoms with Gasteiger partial charge in [-0.2, -0.15) is 5.26 Å². The van der Waals surface area contributed by atoms with Crippen LogP contribution in [0.25, 0.3) is 0 Å². The monoisotopic (exact) mass is 792 g/mol. The number of unbranched alkanes of at least 4 members (excludes halogenated alkanes) is 1. The highest BCUT2D eigenvalue weighted by atomic mass is 16.5. The molecule has 17 nitrogen and oxygen atoms in total. The molecule has 0 aliphatic carbocycles. The van der Waals surface area contributed by atoms with E-state index in [4.69, 9.17) is 35.7 Å². The molecule has 0 radical (unpaired) electrons. The van der Waals surface area contributed by atoms with Crippen molar-refractivity contribution in [3.63, 3.8) is 0 Å². The highest BCUT2D eigenvalue weighted by Gasteiger charge is 2.31. The number of aromatic hydroxyl groups is 1. The normalized spacial score (nSPS) is 15.1. The van der Waals surface area contributed by atoms with E-state index in [0.717, 1.165) is 37.7 Å². The number of amides is 3. The van der Waals surface area contributed by atoms with Crippen molar-refractivity contribution < 1.29 is 53.1 Å². The first-order chi connectivity index (χ1) is 27.0. The standard InChI is InChI=1S/C22H34N2O7.C17H30N4O4/c1-2-3-19(27)15-31-11-10-30-9-8-24-22(29)17(14-25)13-21(28)20(23)12-16-4-6-18(26)7-5-16;1-2-24-10-11-25-13-16(22)20-8-4-3-7-15(19)17(23)21-9-5-6-14(21)12-18/h4-7,17,20,25-26H,2-3,8-15,23H2,1H3,(H,24,29);14-15H,2-11,13,19H2,1H3,(H,20,22)/t17-,20?;14-,15-/m00/s1. The first kappa shape index (κ1) is 50.0. The Kier molecular flexibility index (Phi) is 27.8. The van der Waals surface area contributed by atoms with Gasteiger partial charge in [0, 0.05) is 39.1 Å². The largest absolute Gasteiger partial charge is 0.508 e. The Labute approximate surface area is 330 Å². The van der Waals surface area contributed by atoms with Gasteiger partial charge in [0.25, 0.3) is 0 Å². The van der Waals surface area contributed by atoms with Crippen molar-refractivity contribution in [3.8, 4) is 11.8 Å². The predicted molar refractivity (Wildman–Crippen MR) is 207 cm³/mol. The van der Waals surface area contributed by atoms with Crippen molar-refractivity contribution in [3.05, 3.63) is 29.8 Å². The number of ketones is 2. The van der Waals surface area contributed by atoms with Gasteiger partial charge in [-0.1, -0.05) is 19.1 Å². The van der Waals surface area contributed by atoms with Crippen molar-refractivity contribution in [1.29, 1.82) is 5.26 Å². The molecule has 0 bridgehead atoms. The van der Waals surface area contributed by atoms with E-state index in [2.05, 4.69) is 16.7 Å². The average Bonchev–Trinajstić information content (AvgIpc) is 3.67. The van der Waals surface area contributed by atoms with Crippen LogP contribution in [-0.4, -0.2) is 142 Å². The molecule has 0 spiro atoms. The van der Waals surface area contributed by atoms with Crippen molar-refractivity contribution in [2.75, 3.05) is 79.1 Å². The van der Waals surface area contributed by atoms with Gasteiger partial charge in [-0.15, -0.1) is 0 Å². The van der Waals surface area contributed by atoms with Crippen molar-refractivity contribution in [1.82, 2.24) is 15.5 Å². The lowest BCUT2D eigenvalue weighted by Crippen LogP contribution is -2.45. The smallest absolute Gasteiger partial charge is 0.245 e. The Morgan fingerprint density at radius 1 is 0.911 bits per heavy atom. The number of hydrogen-bond acceptors (Lipinski definition) is 14. The predicted octanol–water partition coefficient (Wildman–Crippen LogP) is 0.516. The molecule has 2 rings (SSSR count). The fourth-order valence-electron chi connectivity index (χ4n) is 5.48. The Hall–Kier alpha value is -4.02. The van der Waals surface area contributed by atoms with Gasteiger partial charge in [0.1, 0.15) is 25.0 Å². The van der Waals surface area contributed by atoms with Gasteiger partial charge < -0.3 is 56.2 Å². The number of nitrogens with one attached hydrogen (secondary N) is 2. The zero-order chi connectivity index (χ0) is 41.6. The van der Waals surface area contributed by atoms with Crippen molar-refractivity contribution in [2.45, 2.75) is 89.8 Å². The first-order valence-corrected chi connectivity index (χ1v) is 19.5. The number of likely N-dealkylation sites (tertiary alicyclic amines) is 1. The number of aliphatic hydroxyl groups excluding tert-OH is 1. The number of ether oxygens (including phenoxy) is 4. The van der Waals surface area contributed by atoms with Crippen LogP contribution < -0.4 is 22.1 Å². The van der Waals surface area contributed by atoms with E-state index >= 15 is 0 Å². The molecule has 0 aromatic heterocycles. The highest BCUT2D eigenvalue weighted by molar-refractivity contribution is 5.90. The van der Waals surface area contributed by atoms with Gasteiger partial charge in [-0.25, -0.2) is 0 Å². The molecule has 1 aliphatic heterocycles. The molecule has 1 fully saturated rings. The summed E-state index contributed by atoms with van der Waals surface area (Å²) in [6, 6.07) is 6.80. The summed E-state index contributed by atoms with van der Waals surface area (Å²) >= 11 is 0. The van der Waals surface area contributed by atoms with E-state index in [1.54, 1.807) is 17.0 Å². The second-order valence-corrected chi connectivity index (χ2v) is 13.3. The van der Waals surface area contributed by atoms with Gasteiger partial charge in [0.2, 0.25) is 17.7 Å². The molecule has 3 amide bonds. The lowest BCUT2D eigenvalue weighted by Gasteiger charge is -2.23. The third-order valence-corrected chi connectivity index (χ3v) is 8.63. The molecule has 17 heteroatoms. The maximum absolute atomic E-state index is 12.3. The molecule has 1 aromatic carbocycles. The molecule has 56 heavy (non-hydrogen) atoms. The Balaban J connectivity index is 0.000000573. The number of aliphatic hydroxyl groups is 1. The van der Waals surface area contributed by atoms with Crippen LogP contribution in [0.3, 0.4) is 0 Å². The molecular formula is C39H64N6O11. The molecule has 1 saturated heterocycles. The lowest BCUT2D eigenvalue weighted by molar-refractivity contribution is -0.133. The molecule has 4 atom stereocenters. The van der Waals surface area contributed by atoms with Crippen LogP contribution in [0.15, 0.2) is 24.3 Å². The fourth-order valence-corrected chi connectivity index (χ4v) is 5.48.